The highest BCUT2D eigenvalue weighted by molar-refractivity contribution is 5.95. The van der Waals surface area contributed by atoms with Crippen molar-refractivity contribution in [3.8, 4) is 0 Å². The number of nitrogens with two attached hydrogens (primary N) is 1. The van der Waals surface area contributed by atoms with Gasteiger partial charge in [-0.1, -0.05) is 12.1 Å². The first-order valence-electron chi connectivity index (χ1n) is 7.09. The second-order valence-electron chi connectivity index (χ2n) is 5.63. The van der Waals surface area contributed by atoms with Crippen molar-refractivity contribution in [3.05, 3.63) is 29.8 Å². The monoisotopic (exact) mass is 259 g/mol. The summed E-state index contributed by atoms with van der Waals surface area (Å²) < 4.78 is 0. The van der Waals surface area contributed by atoms with E-state index in [1.54, 1.807) is 0 Å². The Labute approximate surface area is 114 Å². The van der Waals surface area contributed by atoms with Crippen molar-refractivity contribution in [2.75, 3.05) is 18.0 Å². The molecule has 4 nitrogen and oxygen atoms in total. The summed E-state index contributed by atoms with van der Waals surface area (Å²) in [4.78, 5) is 13.8. The van der Waals surface area contributed by atoms with E-state index in [4.69, 9.17) is 5.73 Å². The molecule has 2 aliphatic rings. The van der Waals surface area contributed by atoms with Crippen LogP contribution in [0.5, 0.6) is 0 Å². The molecule has 1 amide bonds. The lowest BCUT2D eigenvalue weighted by Gasteiger charge is -2.17. The highest BCUT2D eigenvalue weighted by atomic mass is 16.2. The summed E-state index contributed by atoms with van der Waals surface area (Å²) in [6, 6.07) is 9.02. The van der Waals surface area contributed by atoms with E-state index in [1.807, 2.05) is 17.0 Å². The zero-order valence-corrected chi connectivity index (χ0v) is 11.1. The van der Waals surface area contributed by atoms with Crippen LogP contribution in [0.25, 0.3) is 0 Å². The molecule has 4 heteroatoms. The Morgan fingerprint density at radius 2 is 2.00 bits per heavy atom. The van der Waals surface area contributed by atoms with Gasteiger partial charge in [0.05, 0.1) is 0 Å². The average Bonchev–Trinajstić information content (AvgIpc) is 3.19. The molecule has 1 aromatic carbocycles. The van der Waals surface area contributed by atoms with E-state index < -0.39 is 0 Å². The van der Waals surface area contributed by atoms with Gasteiger partial charge in [-0.2, -0.15) is 0 Å². The lowest BCUT2D eigenvalue weighted by atomic mass is 10.1. The van der Waals surface area contributed by atoms with Crippen LogP contribution in [0.1, 0.15) is 24.8 Å². The Morgan fingerprint density at radius 3 is 2.58 bits per heavy atom. The van der Waals surface area contributed by atoms with Crippen LogP contribution in [0, 0.1) is 5.92 Å². The molecule has 19 heavy (non-hydrogen) atoms. The van der Waals surface area contributed by atoms with Crippen LogP contribution in [0.15, 0.2) is 24.3 Å². The Hall–Kier alpha value is -1.39. The maximum atomic E-state index is 11.9. The molecule has 3 rings (SSSR count). The van der Waals surface area contributed by atoms with Crippen molar-refractivity contribution in [1.82, 2.24) is 5.32 Å². The molecule has 0 bridgehead atoms. The number of benzene rings is 1. The number of carbonyl (C=O) groups excluding carboxylic acids is 1. The largest absolute Gasteiger partial charge is 0.330 e. The molecular formula is C15H21N3O. The highest BCUT2D eigenvalue weighted by Crippen LogP contribution is 2.25. The number of hydrogen-bond acceptors (Lipinski definition) is 3. The van der Waals surface area contributed by atoms with E-state index in [0.29, 0.717) is 18.9 Å². The molecule has 0 radical (unpaired) electrons. The van der Waals surface area contributed by atoms with Crippen LogP contribution in [-0.2, 0) is 11.3 Å². The number of rotatable bonds is 5. The third kappa shape index (κ3) is 2.96. The smallest absolute Gasteiger partial charge is 0.227 e. The molecule has 2 fully saturated rings. The van der Waals surface area contributed by atoms with Crippen molar-refractivity contribution in [2.45, 2.75) is 31.8 Å². The minimum absolute atomic E-state index is 0.194. The maximum absolute atomic E-state index is 11.9. The van der Waals surface area contributed by atoms with E-state index >= 15 is 0 Å². The Kier molecular flexibility index (Phi) is 3.53. The van der Waals surface area contributed by atoms with Gasteiger partial charge in [0, 0.05) is 31.2 Å². The molecule has 0 spiro atoms. The number of hydrogen-bond donors (Lipinski definition) is 2. The maximum Gasteiger partial charge on any atom is 0.227 e. The first-order valence-corrected chi connectivity index (χ1v) is 7.09. The fourth-order valence-corrected chi connectivity index (χ4v) is 2.53. The minimum atomic E-state index is 0.194. The summed E-state index contributed by atoms with van der Waals surface area (Å²) >= 11 is 0. The normalized spacial score (nSPS) is 23.1. The molecule has 0 aromatic heterocycles. The van der Waals surface area contributed by atoms with Crippen molar-refractivity contribution in [1.29, 1.82) is 0 Å². The van der Waals surface area contributed by atoms with Gasteiger partial charge in [0.25, 0.3) is 0 Å². The topological polar surface area (TPSA) is 58.4 Å². The molecule has 1 saturated carbocycles. The van der Waals surface area contributed by atoms with E-state index in [-0.39, 0.29) is 5.91 Å². The second kappa shape index (κ2) is 5.31. The van der Waals surface area contributed by atoms with Gasteiger partial charge >= 0.3 is 0 Å². The standard InChI is InChI=1S/C15H21N3O/c16-8-12-7-15(19)18(10-12)14-5-1-11(2-6-14)9-17-13-3-4-13/h1-2,5-6,12-13,17H,3-4,7-10,16H2. The number of carbonyl (C=O) groups is 1. The summed E-state index contributed by atoms with van der Waals surface area (Å²) in [7, 11) is 0. The quantitative estimate of drug-likeness (QED) is 0.836. The zero-order chi connectivity index (χ0) is 13.2. The van der Waals surface area contributed by atoms with Gasteiger partial charge in [-0.3, -0.25) is 4.79 Å². The van der Waals surface area contributed by atoms with Crippen molar-refractivity contribution < 1.29 is 4.79 Å². The fourth-order valence-electron chi connectivity index (χ4n) is 2.53. The van der Waals surface area contributed by atoms with Crippen molar-refractivity contribution in [2.24, 2.45) is 11.7 Å². The summed E-state index contributed by atoms with van der Waals surface area (Å²) in [5.41, 5.74) is 7.92. The first-order chi connectivity index (χ1) is 9.26. The third-order valence-corrected chi connectivity index (χ3v) is 3.96. The van der Waals surface area contributed by atoms with Crippen LogP contribution in [-0.4, -0.2) is 25.0 Å². The van der Waals surface area contributed by atoms with Gasteiger partial charge < -0.3 is 16.0 Å². The van der Waals surface area contributed by atoms with E-state index in [1.165, 1.54) is 18.4 Å². The number of nitrogens with zero attached hydrogens (tertiary/aromatic N) is 1. The Bertz CT molecular complexity index is 453. The van der Waals surface area contributed by atoms with Crippen LogP contribution in [0.2, 0.25) is 0 Å². The van der Waals surface area contributed by atoms with Gasteiger partial charge in [0.2, 0.25) is 5.91 Å². The Balaban J connectivity index is 1.63. The number of amides is 1. The van der Waals surface area contributed by atoms with Gasteiger partial charge in [-0.05, 0) is 43.0 Å². The summed E-state index contributed by atoms with van der Waals surface area (Å²) in [6.07, 6.45) is 3.20. The zero-order valence-electron chi connectivity index (χ0n) is 11.1. The molecule has 102 valence electrons. The molecule has 1 aliphatic heterocycles. The van der Waals surface area contributed by atoms with Crippen molar-refractivity contribution >= 4 is 11.6 Å². The van der Waals surface area contributed by atoms with E-state index in [2.05, 4.69) is 17.4 Å². The number of anilines is 1. The lowest BCUT2D eigenvalue weighted by Crippen LogP contribution is -2.25. The molecule has 3 N–H and O–H groups in total. The predicted molar refractivity (Wildman–Crippen MR) is 75.8 cm³/mol. The summed E-state index contributed by atoms with van der Waals surface area (Å²) in [5, 5.41) is 3.49. The molecule has 1 aromatic rings. The molecule has 1 aliphatic carbocycles. The molecule has 1 saturated heterocycles. The van der Waals surface area contributed by atoms with Crippen molar-refractivity contribution in [3.63, 3.8) is 0 Å². The van der Waals surface area contributed by atoms with Gasteiger partial charge in [0.15, 0.2) is 0 Å². The third-order valence-electron chi connectivity index (χ3n) is 3.96. The van der Waals surface area contributed by atoms with Crippen LogP contribution in [0.4, 0.5) is 5.69 Å². The van der Waals surface area contributed by atoms with Crippen LogP contribution < -0.4 is 16.0 Å². The molecule has 1 atom stereocenters. The minimum Gasteiger partial charge on any atom is -0.330 e. The van der Waals surface area contributed by atoms with Gasteiger partial charge in [0.1, 0.15) is 0 Å². The van der Waals surface area contributed by atoms with E-state index in [0.717, 1.165) is 24.8 Å². The predicted octanol–water partition coefficient (Wildman–Crippen LogP) is 1.25. The fraction of sp³-hybridized carbons (Fsp3) is 0.533. The molecule has 1 unspecified atom stereocenters. The summed E-state index contributed by atoms with van der Waals surface area (Å²) in [6.45, 7) is 2.27. The Morgan fingerprint density at radius 1 is 1.26 bits per heavy atom. The highest BCUT2D eigenvalue weighted by Gasteiger charge is 2.29. The summed E-state index contributed by atoms with van der Waals surface area (Å²) in [5.74, 6) is 0.503. The number of nitrogens with one attached hydrogen (secondary N) is 1. The van der Waals surface area contributed by atoms with E-state index in [9.17, 15) is 4.79 Å². The van der Waals surface area contributed by atoms with Gasteiger partial charge in [-0.25, -0.2) is 0 Å². The first kappa shape index (κ1) is 12.6. The molecule has 1 heterocycles. The molecular weight excluding hydrogens is 238 g/mol. The lowest BCUT2D eigenvalue weighted by molar-refractivity contribution is -0.117. The van der Waals surface area contributed by atoms with Crippen LogP contribution in [0.3, 0.4) is 0 Å². The van der Waals surface area contributed by atoms with Gasteiger partial charge in [-0.15, -0.1) is 0 Å². The van der Waals surface area contributed by atoms with Crippen LogP contribution >= 0.6 is 0 Å². The SMILES string of the molecule is NCC1CC(=O)N(c2ccc(CNC3CC3)cc2)C1. The second-order valence-corrected chi connectivity index (χ2v) is 5.63. The average molecular weight is 259 g/mol.